The van der Waals surface area contributed by atoms with E-state index in [1.54, 1.807) is 0 Å². The second-order valence-electron chi connectivity index (χ2n) is 10.2. The number of amides is 1. The molecule has 0 radical (unpaired) electrons. The van der Waals surface area contributed by atoms with Crippen molar-refractivity contribution in [2.45, 2.75) is 63.6 Å². The van der Waals surface area contributed by atoms with E-state index in [1.807, 2.05) is 4.90 Å². The number of piperazine rings is 1. The molecule has 1 aromatic carbocycles. The van der Waals surface area contributed by atoms with E-state index in [0.29, 0.717) is 13.0 Å². The Kier molecular flexibility index (Phi) is 6.95. The number of sulfone groups is 1. The van der Waals surface area contributed by atoms with Crippen molar-refractivity contribution in [3.05, 3.63) is 29.3 Å². The molecule has 1 aliphatic carbocycles. The highest BCUT2D eigenvalue weighted by molar-refractivity contribution is 7.91. The van der Waals surface area contributed by atoms with Crippen molar-refractivity contribution in [3.8, 4) is 5.75 Å². The lowest BCUT2D eigenvalue weighted by Gasteiger charge is -2.40. The van der Waals surface area contributed by atoms with Gasteiger partial charge in [0.25, 0.3) is 0 Å². The third kappa shape index (κ3) is 5.54. The Bertz CT molecular complexity index is 952. The lowest BCUT2D eigenvalue weighted by Crippen LogP contribution is -2.54. The summed E-state index contributed by atoms with van der Waals surface area (Å²) in [6.07, 6.45) is 7.14. The Morgan fingerprint density at radius 2 is 1.76 bits per heavy atom. The minimum Gasteiger partial charge on any atom is -0.493 e. The Hall–Kier alpha value is -1.64. The van der Waals surface area contributed by atoms with Crippen molar-refractivity contribution >= 4 is 15.7 Å². The van der Waals surface area contributed by atoms with Crippen LogP contribution in [0.25, 0.3) is 0 Å². The van der Waals surface area contributed by atoms with Gasteiger partial charge in [-0.15, -0.1) is 0 Å². The van der Waals surface area contributed by atoms with Crippen LogP contribution in [0.2, 0.25) is 0 Å². The second-order valence-corrected chi connectivity index (χ2v) is 12.5. The van der Waals surface area contributed by atoms with Gasteiger partial charge in [0.2, 0.25) is 5.91 Å². The van der Waals surface area contributed by atoms with Gasteiger partial charge < -0.3 is 9.64 Å². The normalized spacial score (nSPS) is 26.1. The fourth-order valence-corrected chi connectivity index (χ4v) is 7.75. The van der Waals surface area contributed by atoms with Gasteiger partial charge in [0.15, 0.2) is 9.84 Å². The molecule has 0 spiro atoms. The van der Waals surface area contributed by atoms with Crippen LogP contribution in [-0.2, 0) is 27.6 Å². The van der Waals surface area contributed by atoms with Crippen LogP contribution in [0.5, 0.6) is 5.75 Å². The monoisotopic (exact) mass is 475 g/mol. The summed E-state index contributed by atoms with van der Waals surface area (Å²) in [5, 5.41) is 0. The van der Waals surface area contributed by atoms with Gasteiger partial charge in [0.1, 0.15) is 5.75 Å². The fraction of sp³-hybridized carbons (Fsp3) is 0.720. The summed E-state index contributed by atoms with van der Waals surface area (Å²) in [5.41, 5.74) is 2.64. The molecule has 0 N–H and O–H groups in total. The SMILES string of the molecule is O=C(CN1CCN(Cc2ccc3c(c2)CCO3)CC1)N(C1CCCCC1)C1CCS(=O)(=O)C1. The average Bonchev–Trinajstić information content (AvgIpc) is 3.41. The van der Waals surface area contributed by atoms with E-state index in [0.717, 1.165) is 77.2 Å². The molecular formula is C25H37N3O4S. The minimum atomic E-state index is -3.01. The van der Waals surface area contributed by atoms with Crippen molar-refractivity contribution in [1.29, 1.82) is 0 Å². The smallest absolute Gasteiger partial charge is 0.237 e. The van der Waals surface area contributed by atoms with Crippen molar-refractivity contribution in [2.24, 2.45) is 0 Å². The molecule has 0 aromatic heterocycles. The van der Waals surface area contributed by atoms with Gasteiger partial charge in [-0.1, -0.05) is 31.4 Å². The van der Waals surface area contributed by atoms with Gasteiger partial charge >= 0.3 is 0 Å². The molecule has 1 aromatic rings. The number of hydrogen-bond acceptors (Lipinski definition) is 6. The second kappa shape index (κ2) is 9.92. The molecule has 1 atom stereocenters. The van der Waals surface area contributed by atoms with Crippen LogP contribution in [0.3, 0.4) is 0 Å². The van der Waals surface area contributed by atoms with Crippen molar-refractivity contribution in [1.82, 2.24) is 14.7 Å². The van der Waals surface area contributed by atoms with Crippen molar-refractivity contribution in [2.75, 3.05) is 50.8 Å². The lowest BCUT2D eigenvalue weighted by atomic mass is 9.92. The van der Waals surface area contributed by atoms with Crippen molar-refractivity contribution < 1.29 is 17.9 Å². The Morgan fingerprint density at radius 3 is 2.48 bits per heavy atom. The number of carbonyl (C=O) groups is 1. The van der Waals surface area contributed by atoms with E-state index in [-0.39, 0.29) is 29.5 Å². The van der Waals surface area contributed by atoms with Crippen LogP contribution in [0.1, 0.15) is 49.7 Å². The molecule has 1 amide bonds. The number of fused-ring (bicyclic) bond motifs is 1. The van der Waals surface area contributed by atoms with E-state index in [2.05, 4.69) is 28.0 Å². The third-order valence-electron chi connectivity index (χ3n) is 7.84. The predicted octanol–water partition coefficient (Wildman–Crippen LogP) is 2.09. The largest absolute Gasteiger partial charge is 0.493 e. The molecule has 33 heavy (non-hydrogen) atoms. The first-order chi connectivity index (χ1) is 16.0. The first-order valence-electron chi connectivity index (χ1n) is 12.7. The quantitative estimate of drug-likeness (QED) is 0.628. The number of carbonyl (C=O) groups excluding carboxylic acids is 1. The van der Waals surface area contributed by atoms with E-state index in [4.69, 9.17) is 4.74 Å². The van der Waals surface area contributed by atoms with Gasteiger partial charge in [-0.05, 0) is 36.5 Å². The number of ether oxygens (including phenoxy) is 1. The van der Waals surface area contributed by atoms with Crippen LogP contribution < -0.4 is 4.74 Å². The first kappa shape index (κ1) is 23.1. The molecule has 1 unspecified atom stereocenters. The molecule has 182 valence electrons. The molecule has 7 nitrogen and oxygen atoms in total. The number of nitrogens with zero attached hydrogens (tertiary/aromatic N) is 3. The highest BCUT2D eigenvalue weighted by atomic mass is 32.2. The van der Waals surface area contributed by atoms with Crippen LogP contribution in [0, 0.1) is 0 Å². The summed E-state index contributed by atoms with van der Waals surface area (Å²) < 4.78 is 29.9. The third-order valence-corrected chi connectivity index (χ3v) is 9.59. The first-order valence-corrected chi connectivity index (χ1v) is 14.5. The van der Waals surface area contributed by atoms with E-state index in [9.17, 15) is 13.2 Å². The van der Waals surface area contributed by atoms with Gasteiger partial charge in [0, 0.05) is 51.2 Å². The minimum absolute atomic E-state index is 0.129. The van der Waals surface area contributed by atoms with E-state index in [1.165, 1.54) is 17.5 Å². The summed E-state index contributed by atoms with van der Waals surface area (Å²) in [6.45, 7) is 5.78. The highest BCUT2D eigenvalue weighted by Crippen LogP contribution is 2.29. The van der Waals surface area contributed by atoms with Crippen LogP contribution in [0.4, 0.5) is 0 Å². The topological polar surface area (TPSA) is 70.2 Å². The average molecular weight is 476 g/mol. The molecule has 2 saturated heterocycles. The molecule has 3 aliphatic heterocycles. The van der Waals surface area contributed by atoms with Gasteiger partial charge in [-0.2, -0.15) is 0 Å². The lowest BCUT2D eigenvalue weighted by molar-refractivity contribution is -0.138. The van der Waals surface area contributed by atoms with E-state index < -0.39 is 9.84 Å². The van der Waals surface area contributed by atoms with Gasteiger partial charge in [-0.3, -0.25) is 14.6 Å². The number of rotatable bonds is 6. The summed E-state index contributed by atoms with van der Waals surface area (Å²) >= 11 is 0. The Morgan fingerprint density at radius 1 is 1.00 bits per heavy atom. The molecule has 5 rings (SSSR count). The maximum Gasteiger partial charge on any atom is 0.237 e. The summed E-state index contributed by atoms with van der Waals surface area (Å²) in [5.74, 6) is 1.53. The van der Waals surface area contributed by atoms with Gasteiger partial charge in [-0.25, -0.2) is 8.42 Å². The molecule has 0 bridgehead atoms. The highest BCUT2D eigenvalue weighted by Gasteiger charge is 2.39. The zero-order valence-electron chi connectivity index (χ0n) is 19.6. The predicted molar refractivity (Wildman–Crippen MR) is 128 cm³/mol. The molecule has 4 aliphatic rings. The van der Waals surface area contributed by atoms with Crippen LogP contribution in [-0.4, -0.2) is 91.9 Å². The standard InChI is InChI=1S/C25H37N3O4S/c29-25(28(22-4-2-1-3-5-22)23-9-15-33(30,31)19-23)18-27-12-10-26(11-13-27)17-20-6-7-24-21(16-20)8-14-32-24/h6-7,16,22-23H,1-5,8-15,17-19H2. The van der Waals surface area contributed by atoms with Crippen LogP contribution >= 0.6 is 0 Å². The number of hydrogen-bond donors (Lipinski definition) is 0. The maximum absolute atomic E-state index is 13.5. The number of benzene rings is 1. The van der Waals surface area contributed by atoms with Crippen LogP contribution in [0.15, 0.2) is 18.2 Å². The zero-order chi connectivity index (χ0) is 22.8. The van der Waals surface area contributed by atoms with Crippen molar-refractivity contribution in [3.63, 3.8) is 0 Å². The summed E-state index contributed by atoms with van der Waals surface area (Å²) in [7, 11) is -3.01. The fourth-order valence-electron chi connectivity index (χ4n) is 6.03. The Balaban J connectivity index is 1.16. The summed E-state index contributed by atoms with van der Waals surface area (Å²) in [4.78, 5) is 20.2. The van der Waals surface area contributed by atoms with E-state index >= 15 is 0 Å². The maximum atomic E-state index is 13.5. The molecular weight excluding hydrogens is 438 g/mol. The van der Waals surface area contributed by atoms with Gasteiger partial charge in [0.05, 0.1) is 24.7 Å². The summed E-state index contributed by atoms with van der Waals surface area (Å²) in [6, 6.07) is 6.62. The molecule has 8 heteroatoms. The Labute approximate surface area is 198 Å². The molecule has 1 saturated carbocycles. The molecule has 3 fully saturated rings. The zero-order valence-corrected chi connectivity index (χ0v) is 20.4. The molecule has 3 heterocycles.